The van der Waals surface area contributed by atoms with Gasteiger partial charge in [-0.05, 0) is 23.3 Å². The van der Waals surface area contributed by atoms with Crippen molar-refractivity contribution in [1.82, 2.24) is 5.32 Å². The van der Waals surface area contributed by atoms with E-state index in [0.29, 0.717) is 17.5 Å². The van der Waals surface area contributed by atoms with Gasteiger partial charge in [0.25, 0.3) is 5.91 Å². The summed E-state index contributed by atoms with van der Waals surface area (Å²) in [5.41, 5.74) is 3.02. The Kier molecular flexibility index (Phi) is 3.54. The number of aliphatic hydroxyl groups is 1. The van der Waals surface area contributed by atoms with Crippen molar-refractivity contribution in [3.63, 3.8) is 0 Å². The number of hydrogen-bond acceptors (Lipinski definition) is 3. The number of aldehydes is 1. The minimum atomic E-state index is -0.611. The lowest BCUT2D eigenvalue weighted by atomic mass is 10.1. The second kappa shape index (κ2) is 5.50. The lowest BCUT2D eigenvalue weighted by Gasteiger charge is -2.18. The SMILES string of the molecule is O=Cc1ccc(C(=O)N[C@H]2c3ccccc3C[C@H]2O)cc1. The lowest BCUT2D eigenvalue weighted by Crippen LogP contribution is -2.33. The third kappa shape index (κ3) is 2.58. The van der Waals surface area contributed by atoms with Crippen LogP contribution in [-0.2, 0) is 6.42 Å². The van der Waals surface area contributed by atoms with Gasteiger partial charge >= 0.3 is 0 Å². The van der Waals surface area contributed by atoms with Crippen LogP contribution < -0.4 is 5.32 Å². The fourth-order valence-electron chi connectivity index (χ4n) is 2.69. The zero-order chi connectivity index (χ0) is 14.8. The number of carbonyl (C=O) groups is 2. The summed E-state index contributed by atoms with van der Waals surface area (Å²) in [7, 11) is 0. The standard InChI is InChI=1S/C17H15NO3/c19-10-11-5-7-12(8-6-11)17(21)18-16-14-4-2-1-3-13(14)9-15(16)20/h1-8,10,15-16,20H,9H2,(H,18,21)/t15-,16+/m1/s1. The zero-order valence-corrected chi connectivity index (χ0v) is 11.3. The number of carbonyl (C=O) groups excluding carboxylic acids is 2. The van der Waals surface area contributed by atoms with Gasteiger partial charge in [0.15, 0.2) is 0 Å². The van der Waals surface area contributed by atoms with Crippen LogP contribution >= 0.6 is 0 Å². The van der Waals surface area contributed by atoms with E-state index >= 15 is 0 Å². The van der Waals surface area contributed by atoms with E-state index in [9.17, 15) is 14.7 Å². The third-order valence-corrected chi connectivity index (χ3v) is 3.80. The average Bonchev–Trinajstić information content (AvgIpc) is 2.83. The Morgan fingerprint density at radius 1 is 1.14 bits per heavy atom. The molecule has 2 aromatic rings. The molecule has 0 radical (unpaired) electrons. The summed E-state index contributed by atoms with van der Waals surface area (Å²) in [6.07, 6.45) is 0.671. The number of hydrogen-bond donors (Lipinski definition) is 2. The van der Waals surface area contributed by atoms with Gasteiger partial charge in [-0.2, -0.15) is 0 Å². The molecule has 0 fully saturated rings. The Bertz CT molecular complexity index is 679. The molecule has 1 amide bonds. The largest absolute Gasteiger partial charge is 0.390 e. The Morgan fingerprint density at radius 2 is 1.86 bits per heavy atom. The quantitative estimate of drug-likeness (QED) is 0.844. The first kappa shape index (κ1) is 13.5. The summed E-state index contributed by atoms with van der Waals surface area (Å²) >= 11 is 0. The molecule has 0 bridgehead atoms. The summed E-state index contributed by atoms with van der Waals surface area (Å²) in [6.45, 7) is 0. The Balaban J connectivity index is 1.79. The molecule has 0 aromatic heterocycles. The van der Waals surface area contributed by atoms with Crippen LogP contribution in [0.2, 0.25) is 0 Å². The maximum Gasteiger partial charge on any atom is 0.251 e. The maximum atomic E-state index is 12.2. The van der Waals surface area contributed by atoms with Gasteiger partial charge < -0.3 is 10.4 Å². The van der Waals surface area contributed by atoms with E-state index in [1.807, 2.05) is 24.3 Å². The first-order chi connectivity index (χ1) is 10.2. The Morgan fingerprint density at radius 3 is 2.57 bits per heavy atom. The van der Waals surface area contributed by atoms with Gasteiger partial charge in [-0.3, -0.25) is 9.59 Å². The molecule has 1 aliphatic carbocycles. The molecule has 4 nitrogen and oxygen atoms in total. The summed E-state index contributed by atoms with van der Waals surface area (Å²) in [4.78, 5) is 22.9. The van der Waals surface area contributed by atoms with E-state index in [-0.39, 0.29) is 11.9 Å². The monoisotopic (exact) mass is 281 g/mol. The molecule has 2 N–H and O–H groups in total. The Hall–Kier alpha value is -2.46. The third-order valence-electron chi connectivity index (χ3n) is 3.80. The molecule has 4 heteroatoms. The molecule has 21 heavy (non-hydrogen) atoms. The van der Waals surface area contributed by atoms with Crippen molar-refractivity contribution in [2.45, 2.75) is 18.6 Å². The van der Waals surface area contributed by atoms with E-state index < -0.39 is 6.10 Å². The van der Waals surface area contributed by atoms with Crippen LogP contribution in [0.15, 0.2) is 48.5 Å². The molecule has 2 aromatic carbocycles. The fraction of sp³-hybridized carbons (Fsp3) is 0.176. The number of fused-ring (bicyclic) bond motifs is 1. The molecular formula is C17H15NO3. The van der Waals surface area contributed by atoms with Crippen molar-refractivity contribution in [3.05, 3.63) is 70.8 Å². The summed E-state index contributed by atoms with van der Waals surface area (Å²) < 4.78 is 0. The number of nitrogens with one attached hydrogen (secondary N) is 1. The minimum Gasteiger partial charge on any atom is -0.390 e. The molecule has 0 unspecified atom stereocenters. The van der Waals surface area contributed by atoms with Gasteiger partial charge in [0.2, 0.25) is 0 Å². The number of benzene rings is 2. The van der Waals surface area contributed by atoms with Gasteiger partial charge in [0.05, 0.1) is 12.1 Å². The minimum absolute atomic E-state index is 0.256. The van der Waals surface area contributed by atoms with Crippen LogP contribution in [0.1, 0.15) is 37.9 Å². The first-order valence-corrected chi connectivity index (χ1v) is 6.81. The van der Waals surface area contributed by atoms with Gasteiger partial charge in [-0.1, -0.05) is 36.4 Å². The first-order valence-electron chi connectivity index (χ1n) is 6.81. The highest BCUT2D eigenvalue weighted by Gasteiger charge is 2.31. The van der Waals surface area contributed by atoms with Crippen LogP contribution in [0.4, 0.5) is 0 Å². The number of aliphatic hydroxyl groups excluding tert-OH is 1. The second-order valence-corrected chi connectivity index (χ2v) is 5.16. The number of rotatable bonds is 3. The van der Waals surface area contributed by atoms with E-state index in [1.54, 1.807) is 24.3 Å². The van der Waals surface area contributed by atoms with E-state index in [0.717, 1.165) is 17.4 Å². The summed E-state index contributed by atoms with van der Waals surface area (Å²) in [5.74, 6) is -0.256. The zero-order valence-electron chi connectivity index (χ0n) is 11.3. The summed E-state index contributed by atoms with van der Waals surface area (Å²) in [6, 6.07) is 13.7. The summed E-state index contributed by atoms with van der Waals surface area (Å²) in [5, 5.41) is 13.0. The van der Waals surface area contributed by atoms with E-state index in [1.165, 1.54) is 0 Å². The van der Waals surface area contributed by atoms with Gasteiger partial charge in [-0.15, -0.1) is 0 Å². The predicted octanol–water partition coefficient (Wildman–Crippen LogP) is 1.89. The molecule has 0 saturated carbocycles. The lowest BCUT2D eigenvalue weighted by molar-refractivity contribution is 0.0858. The highest BCUT2D eigenvalue weighted by atomic mass is 16.3. The van der Waals surface area contributed by atoms with Crippen molar-refractivity contribution in [3.8, 4) is 0 Å². The molecule has 2 atom stereocenters. The van der Waals surface area contributed by atoms with Gasteiger partial charge in [0, 0.05) is 17.5 Å². The molecule has 0 spiro atoms. The Labute approximate surface area is 122 Å². The molecule has 106 valence electrons. The van der Waals surface area contributed by atoms with Crippen molar-refractivity contribution in [2.24, 2.45) is 0 Å². The van der Waals surface area contributed by atoms with Crippen LogP contribution in [0.5, 0.6) is 0 Å². The van der Waals surface area contributed by atoms with Crippen LogP contribution in [-0.4, -0.2) is 23.4 Å². The molecule has 1 aliphatic rings. The molecule has 3 rings (SSSR count). The highest BCUT2D eigenvalue weighted by molar-refractivity contribution is 5.95. The number of amides is 1. The maximum absolute atomic E-state index is 12.2. The van der Waals surface area contributed by atoms with Gasteiger partial charge in [-0.25, -0.2) is 0 Å². The topological polar surface area (TPSA) is 66.4 Å². The van der Waals surface area contributed by atoms with E-state index in [4.69, 9.17) is 0 Å². The normalized spacial score (nSPS) is 19.9. The van der Waals surface area contributed by atoms with Crippen LogP contribution in [0.25, 0.3) is 0 Å². The van der Waals surface area contributed by atoms with Crippen molar-refractivity contribution < 1.29 is 14.7 Å². The highest BCUT2D eigenvalue weighted by Crippen LogP contribution is 2.31. The van der Waals surface area contributed by atoms with Crippen LogP contribution in [0, 0.1) is 0 Å². The van der Waals surface area contributed by atoms with Gasteiger partial charge in [0.1, 0.15) is 6.29 Å². The predicted molar refractivity (Wildman–Crippen MR) is 78.2 cm³/mol. The molecule has 0 heterocycles. The molecular weight excluding hydrogens is 266 g/mol. The van der Waals surface area contributed by atoms with Crippen molar-refractivity contribution in [2.75, 3.05) is 0 Å². The van der Waals surface area contributed by atoms with Crippen molar-refractivity contribution >= 4 is 12.2 Å². The molecule has 0 aliphatic heterocycles. The fourth-order valence-corrected chi connectivity index (χ4v) is 2.69. The van der Waals surface area contributed by atoms with Crippen LogP contribution in [0.3, 0.4) is 0 Å². The smallest absolute Gasteiger partial charge is 0.251 e. The molecule has 0 saturated heterocycles. The second-order valence-electron chi connectivity index (χ2n) is 5.16. The van der Waals surface area contributed by atoms with Crippen molar-refractivity contribution in [1.29, 1.82) is 0 Å². The average molecular weight is 281 g/mol. The van der Waals surface area contributed by atoms with E-state index in [2.05, 4.69) is 5.32 Å².